The fraction of sp³-hybridized carbons (Fsp3) is 0.600. The zero-order valence-electron chi connectivity index (χ0n) is 14.4. The summed E-state index contributed by atoms with van der Waals surface area (Å²) in [5.41, 5.74) is 1.22. The van der Waals surface area contributed by atoms with Gasteiger partial charge in [-0.1, -0.05) is 13.8 Å². The highest BCUT2D eigenvalue weighted by Gasteiger charge is 2.24. The van der Waals surface area contributed by atoms with Gasteiger partial charge < -0.3 is 4.57 Å². The third-order valence-corrected chi connectivity index (χ3v) is 5.40. The Hall–Kier alpha value is -1.67. The highest BCUT2D eigenvalue weighted by molar-refractivity contribution is 7.89. The molecule has 0 unspecified atom stereocenters. The topological polar surface area (TPSA) is 81.8 Å². The number of rotatable bonds is 7. The molecule has 23 heavy (non-hydrogen) atoms. The van der Waals surface area contributed by atoms with E-state index in [1.165, 1.54) is 0 Å². The summed E-state index contributed by atoms with van der Waals surface area (Å²) in [5, 5.41) is 4.37. The van der Waals surface area contributed by atoms with Crippen LogP contribution in [0.25, 0.3) is 0 Å². The predicted octanol–water partition coefficient (Wildman–Crippen LogP) is 1.41. The fourth-order valence-electron chi connectivity index (χ4n) is 2.60. The SMILES string of the molecule is Cc1nn(CC(C)C)c(C)c1S(=O)(=O)NCCc1nccn1C. The van der Waals surface area contributed by atoms with Gasteiger partial charge in [0.05, 0.1) is 11.4 Å². The Kier molecular flexibility index (Phi) is 5.26. The van der Waals surface area contributed by atoms with Gasteiger partial charge in [-0.05, 0) is 19.8 Å². The fourth-order valence-corrected chi connectivity index (χ4v) is 4.04. The van der Waals surface area contributed by atoms with Crippen molar-refractivity contribution in [2.45, 2.75) is 45.6 Å². The molecule has 0 aliphatic heterocycles. The molecule has 0 amide bonds. The van der Waals surface area contributed by atoms with Crippen molar-refractivity contribution in [2.24, 2.45) is 13.0 Å². The molecular formula is C15H25N5O2S. The lowest BCUT2D eigenvalue weighted by atomic mass is 10.2. The standard InChI is InChI=1S/C15H25N5O2S/c1-11(2)10-20-13(4)15(12(3)18-20)23(21,22)17-7-6-14-16-8-9-19(14)5/h8-9,11,17H,6-7,10H2,1-5H3. The van der Waals surface area contributed by atoms with Gasteiger partial charge in [-0.15, -0.1) is 0 Å². The van der Waals surface area contributed by atoms with Crippen molar-refractivity contribution in [3.63, 3.8) is 0 Å². The second-order valence-corrected chi connectivity index (χ2v) is 7.88. The van der Waals surface area contributed by atoms with E-state index in [4.69, 9.17) is 0 Å². The average Bonchev–Trinajstić information content (AvgIpc) is 2.94. The van der Waals surface area contributed by atoms with Crippen molar-refractivity contribution in [3.8, 4) is 0 Å². The van der Waals surface area contributed by atoms with Crippen molar-refractivity contribution < 1.29 is 8.42 Å². The highest BCUT2D eigenvalue weighted by Crippen LogP contribution is 2.20. The summed E-state index contributed by atoms with van der Waals surface area (Å²) >= 11 is 0. The number of nitrogens with one attached hydrogen (secondary N) is 1. The van der Waals surface area contributed by atoms with E-state index in [0.717, 1.165) is 5.82 Å². The van der Waals surface area contributed by atoms with Gasteiger partial charge in [0, 0.05) is 39.0 Å². The van der Waals surface area contributed by atoms with Gasteiger partial charge in [-0.2, -0.15) is 5.10 Å². The Morgan fingerprint density at radius 1 is 1.30 bits per heavy atom. The molecule has 0 aliphatic rings. The summed E-state index contributed by atoms with van der Waals surface area (Å²) in [6.07, 6.45) is 4.09. The Morgan fingerprint density at radius 2 is 2.00 bits per heavy atom. The predicted molar refractivity (Wildman–Crippen MR) is 88.6 cm³/mol. The summed E-state index contributed by atoms with van der Waals surface area (Å²) in [6.45, 7) is 8.70. The minimum atomic E-state index is -3.57. The second-order valence-electron chi connectivity index (χ2n) is 6.18. The minimum Gasteiger partial charge on any atom is -0.338 e. The van der Waals surface area contributed by atoms with E-state index in [0.29, 0.717) is 36.8 Å². The van der Waals surface area contributed by atoms with Crippen LogP contribution in [0.15, 0.2) is 17.3 Å². The van der Waals surface area contributed by atoms with E-state index in [9.17, 15) is 8.42 Å². The molecule has 2 heterocycles. The van der Waals surface area contributed by atoms with Crippen molar-refractivity contribution in [2.75, 3.05) is 6.54 Å². The van der Waals surface area contributed by atoms with Crippen LogP contribution >= 0.6 is 0 Å². The van der Waals surface area contributed by atoms with Crippen LogP contribution in [-0.2, 0) is 30.0 Å². The van der Waals surface area contributed by atoms with Crippen LogP contribution in [0.2, 0.25) is 0 Å². The van der Waals surface area contributed by atoms with E-state index >= 15 is 0 Å². The van der Waals surface area contributed by atoms with Crippen molar-refractivity contribution in [1.29, 1.82) is 0 Å². The van der Waals surface area contributed by atoms with Crippen LogP contribution in [-0.4, -0.2) is 34.3 Å². The summed E-state index contributed by atoms with van der Waals surface area (Å²) in [4.78, 5) is 4.48. The number of aryl methyl sites for hydroxylation is 2. The molecule has 0 fully saturated rings. The second kappa shape index (κ2) is 6.84. The average molecular weight is 339 g/mol. The lowest BCUT2D eigenvalue weighted by Gasteiger charge is -2.09. The number of hydrogen-bond donors (Lipinski definition) is 1. The van der Waals surface area contributed by atoms with E-state index in [2.05, 4.69) is 28.7 Å². The first kappa shape index (κ1) is 17.7. The van der Waals surface area contributed by atoms with E-state index < -0.39 is 10.0 Å². The maximum absolute atomic E-state index is 12.6. The third kappa shape index (κ3) is 4.00. The molecule has 0 atom stereocenters. The quantitative estimate of drug-likeness (QED) is 0.827. The van der Waals surface area contributed by atoms with E-state index in [1.807, 2.05) is 17.8 Å². The van der Waals surface area contributed by atoms with Gasteiger partial charge in [-0.25, -0.2) is 18.1 Å². The van der Waals surface area contributed by atoms with Crippen LogP contribution in [0.5, 0.6) is 0 Å². The summed E-state index contributed by atoms with van der Waals surface area (Å²) in [6, 6.07) is 0. The number of sulfonamides is 1. The third-order valence-electron chi connectivity index (χ3n) is 3.68. The first-order valence-corrected chi connectivity index (χ1v) is 9.20. The van der Waals surface area contributed by atoms with Crippen molar-refractivity contribution in [3.05, 3.63) is 29.6 Å². The van der Waals surface area contributed by atoms with E-state index in [1.54, 1.807) is 24.7 Å². The minimum absolute atomic E-state index is 0.290. The van der Waals surface area contributed by atoms with Gasteiger partial charge >= 0.3 is 0 Å². The molecule has 8 heteroatoms. The Labute approximate surface area is 137 Å². The maximum atomic E-state index is 12.6. The molecule has 0 saturated carbocycles. The van der Waals surface area contributed by atoms with E-state index in [-0.39, 0.29) is 4.90 Å². The summed E-state index contributed by atoms with van der Waals surface area (Å²) in [7, 11) is -1.68. The molecule has 2 aromatic rings. The molecule has 0 bridgehead atoms. The monoisotopic (exact) mass is 339 g/mol. The Bertz CT molecular complexity index is 774. The molecule has 0 radical (unpaired) electrons. The van der Waals surface area contributed by atoms with Gasteiger partial charge in [0.2, 0.25) is 10.0 Å². The molecule has 128 valence electrons. The zero-order valence-corrected chi connectivity index (χ0v) is 15.2. The molecule has 0 aliphatic carbocycles. The highest BCUT2D eigenvalue weighted by atomic mass is 32.2. The van der Waals surface area contributed by atoms with Crippen LogP contribution in [0.3, 0.4) is 0 Å². The number of nitrogens with zero attached hydrogens (tertiary/aromatic N) is 4. The molecule has 7 nitrogen and oxygen atoms in total. The number of imidazole rings is 1. The first-order valence-electron chi connectivity index (χ1n) is 7.72. The molecule has 0 aromatic carbocycles. The normalized spacial score (nSPS) is 12.3. The maximum Gasteiger partial charge on any atom is 0.244 e. The molecular weight excluding hydrogens is 314 g/mol. The molecule has 2 rings (SSSR count). The Balaban J connectivity index is 2.13. The van der Waals surface area contributed by atoms with Crippen LogP contribution in [0, 0.1) is 19.8 Å². The molecule has 1 N–H and O–H groups in total. The first-order chi connectivity index (χ1) is 10.7. The van der Waals surface area contributed by atoms with Crippen LogP contribution in [0.1, 0.15) is 31.1 Å². The largest absolute Gasteiger partial charge is 0.338 e. The van der Waals surface area contributed by atoms with Gasteiger partial charge in [0.25, 0.3) is 0 Å². The van der Waals surface area contributed by atoms with Gasteiger partial charge in [0.15, 0.2) is 0 Å². The van der Waals surface area contributed by atoms with Crippen molar-refractivity contribution in [1.82, 2.24) is 24.1 Å². The zero-order chi connectivity index (χ0) is 17.2. The molecule has 0 saturated heterocycles. The van der Waals surface area contributed by atoms with Gasteiger partial charge in [0.1, 0.15) is 10.7 Å². The van der Waals surface area contributed by atoms with Gasteiger partial charge in [-0.3, -0.25) is 4.68 Å². The molecule has 2 aromatic heterocycles. The smallest absolute Gasteiger partial charge is 0.244 e. The number of aromatic nitrogens is 4. The molecule has 0 spiro atoms. The van der Waals surface area contributed by atoms with Crippen LogP contribution < -0.4 is 4.72 Å². The summed E-state index contributed by atoms with van der Waals surface area (Å²) < 4.78 is 31.5. The lowest BCUT2D eigenvalue weighted by molar-refractivity contribution is 0.471. The lowest BCUT2D eigenvalue weighted by Crippen LogP contribution is -2.27. The summed E-state index contributed by atoms with van der Waals surface area (Å²) in [5.74, 6) is 1.25. The van der Waals surface area contributed by atoms with Crippen molar-refractivity contribution >= 4 is 10.0 Å². The van der Waals surface area contributed by atoms with Crippen LogP contribution in [0.4, 0.5) is 0 Å². The number of hydrogen-bond acceptors (Lipinski definition) is 4. The Morgan fingerprint density at radius 3 is 2.57 bits per heavy atom.